The van der Waals surface area contributed by atoms with Crippen molar-refractivity contribution in [3.63, 3.8) is 0 Å². The summed E-state index contributed by atoms with van der Waals surface area (Å²) in [6, 6.07) is 3.34. The lowest BCUT2D eigenvalue weighted by atomic mass is 10.2. The molecule has 14 heavy (non-hydrogen) atoms. The molecule has 0 aliphatic heterocycles. The molecule has 0 radical (unpaired) electrons. The molecular weight excluding hydrogens is 212 g/mol. The third-order valence-electron chi connectivity index (χ3n) is 1.67. The topological polar surface area (TPSA) is 60.2 Å². The van der Waals surface area contributed by atoms with Gasteiger partial charge in [0.05, 0.1) is 4.90 Å². The maximum Gasteiger partial charge on any atom is 0.265 e. The fourth-order valence-corrected chi connectivity index (χ4v) is 1.97. The number of halogens is 2. The van der Waals surface area contributed by atoms with Crippen LogP contribution in [-0.4, -0.2) is 14.7 Å². The molecule has 1 aromatic rings. The standard InChI is InChI=1S/C8H9F2NO2S/c1-14(12,13)7-3-2-5(11)4-6(7)8(9)10/h2-4,8H,11H2,1H3. The summed E-state index contributed by atoms with van der Waals surface area (Å²) in [5.41, 5.74) is 4.85. The summed E-state index contributed by atoms with van der Waals surface area (Å²) in [6.07, 6.45) is -1.96. The van der Waals surface area contributed by atoms with E-state index >= 15 is 0 Å². The van der Waals surface area contributed by atoms with Crippen molar-refractivity contribution >= 4 is 15.5 Å². The van der Waals surface area contributed by atoms with Crippen molar-refractivity contribution in [2.45, 2.75) is 11.3 Å². The van der Waals surface area contributed by atoms with Gasteiger partial charge in [-0.25, -0.2) is 17.2 Å². The van der Waals surface area contributed by atoms with Crippen LogP contribution < -0.4 is 5.73 Å². The predicted octanol–water partition coefficient (Wildman–Crippen LogP) is 1.61. The molecule has 3 nitrogen and oxygen atoms in total. The zero-order chi connectivity index (χ0) is 10.9. The molecule has 78 valence electrons. The first-order valence-electron chi connectivity index (χ1n) is 3.70. The molecule has 0 atom stereocenters. The first kappa shape index (κ1) is 10.9. The van der Waals surface area contributed by atoms with Crippen LogP contribution in [0.2, 0.25) is 0 Å². The van der Waals surface area contributed by atoms with Crippen LogP contribution in [0, 0.1) is 0 Å². The van der Waals surface area contributed by atoms with Gasteiger partial charge in [-0.1, -0.05) is 0 Å². The highest BCUT2D eigenvalue weighted by Gasteiger charge is 2.19. The Kier molecular flexibility index (Phi) is 2.75. The van der Waals surface area contributed by atoms with Gasteiger partial charge in [-0.15, -0.1) is 0 Å². The van der Waals surface area contributed by atoms with Crippen LogP contribution in [0.4, 0.5) is 14.5 Å². The molecule has 0 aliphatic rings. The molecule has 0 saturated heterocycles. The second-order valence-corrected chi connectivity index (χ2v) is 4.85. The summed E-state index contributed by atoms with van der Waals surface area (Å²) in [5.74, 6) is 0. The SMILES string of the molecule is CS(=O)(=O)c1ccc(N)cc1C(F)F. The molecule has 0 unspecified atom stereocenters. The Labute approximate surface area is 80.5 Å². The van der Waals surface area contributed by atoms with Crippen LogP contribution in [0.1, 0.15) is 12.0 Å². The molecule has 0 aliphatic carbocycles. The van der Waals surface area contributed by atoms with E-state index in [1.54, 1.807) is 0 Å². The summed E-state index contributed by atoms with van der Waals surface area (Å²) in [5, 5.41) is 0. The number of alkyl halides is 2. The zero-order valence-electron chi connectivity index (χ0n) is 7.37. The van der Waals surface area contributed by atoms with Crippen LogP contribution in [-0.2, 0) is 9.84 Å². The van der Waals surface area contributed by atoms with Gasteiger partial charge in [0.15, 0.2) is 9.84 Å². The fraction of sp³-hybridized carbons (Fsp3) is 0.250. The van der Waals surface area contributed by atoms with Gasteiger partial charge in [-0.2, -0.15) is 0 Å². The number of benzene rings is 1. The van der Waals surface area contributed by atoms with E-state index in [0.717, 1.165) is 18.4 Å². The Balaban J connectivity index is 3.45. The number of nitrogen functional groups attached to an aromatic ring is 1. The summed E-state index contributed by atoms with van der Waals surface area (Å²) >= 11 is 0. The molecular formula is C8H9F2NO2S. The van der Waals surface area contributed by atoms with Gasteiger partial charge in [0, 0.05) is 17.5 Å². The van der Waals surface area contributed by atoms with E-state index in [0.29, 0.717) is 0 Å². The number of sulfone groups is 1. The average molecular weight is 221 g/mol. The number of hydrogen-bond donors (Lipinski definition) is 1. The summed E-state index contributed by atoms with van der Waals surface area (Å²) in [4.78, 5) is -0.373. The van der Waals surface area contributed by atoms with Crippen LogP contribution in [0.3, 0.4) is 0 Å². The van der Waals surface area contributed by atoms with E-state index in [1.807, 2.05) is 0 Å². The largest absolute Gasteiger partial charge is 0.399 e. The fourth-order valence-electron chi connectivity index (χ4n) is 1.08. The lowest BCUT2D eigenvalue weighted by molar-refractivity contribution is 0.148. The van der Waals surface area contributed by atoms with Gasteiger partial charge in [0.25, 0.3) is 6.43 Å². The van der Waals surface area contributed by atoms with Crippen molar-refractivity contribution in [3.8, 4) is 0 Å². The molecule has 2 N–H and O–H groups in total. The van der Waals surface area contributed by atoms with Gasteiger partial charge in [0.2, 0.25) is 0 Å². The minimum absolute atomic E-state index is 0.118. The lowest BCUT2D eigenvalue weighted by Crippen LogP contribution is -2.03. The summed E-state index contributed by atoms with van der Waals surface area (Å²) < 4.78 is 47.0. The number of anilines is 1. The Morgan fingerprint density at radius 2 is 1.93 bits per heavy atom. The van der Waals surface area contributed by atoms with Crippen molar-refractivity contribution in [2.75, 3.05) is 12.0 Å². The molecule has 0 spiro atoms. The second-order valence-electron chi connectivity index (χ2n) is 2.87. The van der Waals surface area contributed by atoms with Gasteiger partial charge >= 0.3 is 0 Å². The third-order valence-corrected chi connectivity index (χ3v) is 2.84. The first-order valence-corrected chi connectivity index (χ1v) is 5.59. The van der Waals surface area contributed by atoms with E-state index in [4.69, 9.17) is 5.73 Å². The molecule has 0 fully saturated rings. The minimum Gasteiger partial charge on any atom is -0.399 e. The average Bonchev–Trinajstić information content (AvgIpc) is 2.01. The normalized spacial score (nSPS) is 12.0. The molecule has 0 heterocycles. The molecule has 1 aromatic carbocycles. The van der Waals surface area contributed by atoms with Gasteiger partial charge in [-0.3, -0.25) is 0 Å². The quantitative estimate of drug-likeness (QED) is 0.772. The highest BCUT2D eigenvalue weighted by Crippen LogP contribution is 2.28. The van der Waals surface area contributed by atoms with E-state index in [9.17, 15) is 17.2 Å². The maximum absolute atomic E-state index is 12.4. The van der Waals surface area contributed by atoms with Crippen LogP contribution in [0.15, 0.2) is 23.1 Å². The van der Waals surface area contributed by atoms with Crippen molar-refractivity contribution in [3.05, 3.63) is 23.8 Å². The molecule has 0 amide bonds. The monoisotopic (exact) mass is 221 g/mol. The molecule has 6 heteroatoms. The highest BCUT2D eigenvalue weighted by molar-refractivity contribution is 7.90. The molecule has 0 bridgehead atoms. The van der Waals surface area contributed by atoms with Crippen LogP contribution in [0.5, 0.6) is 0 Å². The Morgan fingerprint density at radius 3 is 2.36 bits per heavy atom. The molecule has 0 aromatic heterocycles. The second kappa shape index (κ2) is 3.53. The van der Waals surface area contributed by atoms with Gasteiger partial charge in [-0.05, 0) is 18.2 Å². The number of nitrogens with two attached hydrogens (primary N) is 1. The van der Waals surface area contributed by atoms with E-state index in [2.05, 4.69) is 0 Å². The minimum atomic E-state index is -3.63. The van der Waals surface area contributed by atoms with Gasteiger partial charge < -0.3 is 5.73 Å². The number of rotatable bonds is 2. The number of hydrogen-bond acceptors (Lipinski definition) is 3. The highest BCUT2D eigenvalue weighted by atomic mass is 32.2. The summed E-state index contributed by atoms with van der Waals surface area (Å²) in [7, 11) is -3.63. The van der Waals surface area contributed by atoms with Crippen molar-refractivity contribution in [1.82, 2.24) is 0 Å². The third kappa shape index (κ3) is 2.20. The lowest BCUT2D eigenvalue weighted by Gasteiger charge is -2.07. The first-order chi connectivity index (χ1) is 6.32. The summed E-state index contributed by atoms with van der Waals surface area (Å²) in [6.45, 7) is 0. The zero-order valence-corrected chi connectivity index (χ0v) is 8.18. The van der Waals surface area contributed by atoms with Crippen LogP contribution >= 0.6 is 0 Å². The Hall–Kier alpha value is -1.17. The molecule has 0 saturated carbocycles. The maximum atomic E-state index is 12.4. The smallest absolute Gasteiger partial charge is 0.265 e. The Morgan fingerprint density at radius 1 is 1.36 bits per heavy atom. The van der Waals surface area contributed by atoms with E-state index in [1.165, 1.54) is 6.07 Å². The van der Waals surface area contributed by atoms with Crippen LogP contribution in [0.25, 0.3) is 0 Å². The van der Waals surface area contributed by atoms with E-state index < -0.39 is 21.8 Å². The van der Waals surface area contributed by atoms with Crippen molar-refractivity contribution < 1.29 is 17.2 Å². The van der Waals surface area contributed by atoms with Gasteiger partial charge in [0.1, 0.15) is 0 Å². The van der Waals surface area contributed by atoms with Crippen molar-refractivity contribution in [2.24, 2.45) is 0 Å². The van der Waals surface area contributed by atoms with E-state index in [-0.39, 0.29) is 10.6 Å². The van der Waals surface area contributed by atoms with Crippen molar-refractivity contribution in [1.29, 1.82) is 0 Å². The molecule has 1 rings (SSSR count). The predicted molar refractivity (Wildman–Crippen MR) is 48.9 cm³/mol. The Bertz CT molecular complexity index is 443.